The molecule has 0 amide bonds. The van der Waals surface area contributed by atoms with E-state index in [2.05, 4.69) is 30.6 Å². The minimum absolute atomic E-state index is 0.301. The van der Waals surface area contributed by atoms with Crippen LogP contribution >= 0.6 is 0 Å². The van der Waals surface area contributed by atoms with Gasteiger partial charge in [0, 0.05) is 12.2 Å². The lowest BCUT2D eigenvalue weighted by Gasteiger charge is -2.11. The Hall–Kier alpha value is -2.70. The van der Waals surface area contributed by atoms with Gasteiger partial charge in [0.15, 0.2) is 11.5 Å². The molecule has 0 bridgehead atoms. The first-order valence-corrected chi connectivity index (χ1v) is 6.65. The summed E-state index contributed by atoms with van der Waals surface area (Å²) >= 11 is 0. The van der Waals surface area contributed by atoms with E-state index in [9.17, 15) is 4.39 Å². The van der Waals surface area contributed by atoms with Gasteiger partial charge in [-0.1, -0.05) is 6.07 Å². The number of benzene rings is 1. The maximum atomic E-state index is 13.4. The molecule has 6 nitrogen and oxygen atoms in total. The fourth-order valence-electron chi connectivity index (χ4n) is 2.02. The van der Waals surface area contributed by atoms with E-state index in [4.69, 9.17) is 0 Å². The monoisotopic (exact) mass is 286 g/mol. The Kier molecular flexibility index (Phi) is 3.39. The van der Waals surface area contributed by atoms with Gasteiger partial charge in [0.1, 0.15) is 11.3 Å². The normalized spacial score (nSPS) is 10.8. The van der Waals surface area contributed by atoms with E-state index in [1.807, 2.05) is 13.8 Å². The second kappa shape index (κ2) is 5.35. The molecular formula is C14H15FN6. The molecule has 0 spiro atoms. The highest BCUT2D eigenvalue weighted by Crippen LogP contribution is 2.25. The van der Waals surface area contributed by atoms with Crippen molar-refractivity contribution in [3.8, 4) is 0 Å². The number of fused-ring (bicyclic) bond motifs is 1. The predicted octanol–water partition coefficient (Wildman–Crippen LogP) is 2.98. The molecule has 21 heavy (non-hydrogen) atoms. The lowest BCUT2D eigenvalue weighted by atomic mass is 10.2. The number of rotatable bonds is 4. The van der Waals surface area contributed by atoms with Crippen LogP contribution in [0.3, 0.4) is 0 Å². The van der Waals surface area contributed by atoms with Crippen molar-refractivity contribution in [2.24, 2.45) is 0 Å². The Bertz CT molecular complexity index is 782. The molecule has 3 N–H and O–H groups in total. The van der Waals surface area contributed by atoms with Gasteiger partial charge in [0.25, 0.3) is 0 Å². The average molecular weight is 286 g/mol. The van der Waals surface area contributed by atoms with Crippen molar-refractivity contribution < 1.29 is 4.39 Å². The van der Waals surface area contributed by atoms with Crippen LogP contribution in [-0.4, -0.2) is 26.5 Å². The molecule has 0 aliphatic carbocycles. The van der Waals surface area contributed by atoms with Gasteiger partial charge in [0.2, 0.25) is 5.95 Å². The quantitative estimate of drug-likeness (QED) is 0.687. The van der Waals surface area contributed by atoms with Gasteiger partial charge >= 0.3 is 0 Å². The molecule has 0 aliphatic rings. The lowest BCUT2D eigenvalue weighted by molar-refractivity contribution is 0.628. The molecule has 0 unspecified atom stereocenters. The molecule has 0 saturated heterocycles. The fourth-order valence-corrected chi connectivity index (χ4v) is 2.02. The number of nitrogens with one attached hydrogen (secondary N) is 3. The minimum atomic E-state index is -0.301. The van der Waals surface area contributed by atoms with Crippen molar-refractivity contribution in [1.29, 1.82) is 0 Å². The first-order chi connectivity index (χ1) is 10.2. The minimum Gasteiger partial charge on any atom is -0.354 e. The van der Waals surface area contributed by atoms with Crippen molar-refractivity contribution in [2.45, 2.75) is 13.8 Å². The largest absolute Gasteiger partial charge is 0.354 e. The molecule has 3 rings (SSSR count). The van der Waals surface area contributed by atoms with Gasteiger partial charge in [-0.25, -0.2) is 9.37 Å². The molecule has 1 aromatic carbocycles. The highest BCUT2D eigenvalue weighted by molar-refractivity contribution is 5.86. The Morgan fingerprint density at radius 1 is 1.29 bits per heavy atom. The number of aromatic nitrogens is 4. The molecule has 0 aliphatic heterocycles. The Balaban J connectivity index is 2.06. The molecule has 3 aromatic rings. The molecule has 2 aromatic heterocycles. The third kappa shape index (κ3) is 2.62. The smallest absolute Gasteiger partial charge is 0.226 e. The molecule has 0 atom stereocenters. The summed E-state index contributed by atoms with van der Waals surface area (Å²) in [5, 5.41) is 6.19. The standard InChI is InChI=1S/C14H15FN6/c1-3-16-14-20-12-11(17-7-18-12)13(21-14)19-10-6-9(15)5-4-8(10)2/h4-7H,3H2,1-2H3,(H3,16,17,18,19,20,21). The summed E-state index contributed by atoms with van der Waals surface area (Å²) in [5.41, 5.74) is 2.82. The van der Waals surface area contributed by atoms with E-state index in [0.717, 1.165) is 5.56 Å². The summed E-state index contributed by atoms with van der Waals surface area (Å²) in [6, 6.07) is 4.58. The van der Waals surface area contributed by atoms with Crippen molar-refractivity contribution in [3.05, 3.63) is 35.9 Å². The first kappa shape index (κ1) is 13.3. The van der Waals surface area contributed by atoms with E-state index in [0.29, 0.717) is 35.2 Å². The van der Waals surface area contributed by atoms with Crippen LogP contribution in [0.25, 0.3) is 11.2 Å². The van der Waals surface area contributed by atoms with Crippen LogP contribution in [-0.2, 0) is 0 Å². The first-order valence-electron chi connectivity index (χ1n) is 6.65. The van der Waals surface area contributed by atoms with Crippen LogP contribution in [0.15, 0.2) is 24.5 Å². The molecule has 7 heteroatoms. The van der Waals surface area contributed by atoms with Crippen molar-refractivity contribution in [1.82, 2.24) is 19.9 Å². The highest BCUT2D eigenvalue weighted by Gasteiger charge is 2.11. The van der Waals surface area contributed by atoms with Gasteiger partial charge in [-0.05, 0) is 31.5 Å². The summed E-state index contributed by atoms with van der Waals surface area (Å²) in [6.45, 7) is 4.56. The zero-order valence-electron chi connectivity index (χ0n) is 11.7. The summed E-state index contributed by atoms with van der Waals surface area (Å²) in [6.07, 6.45) is 1.55. The van der Waals surface area contributed by atoms with Crippen molar-refractivity contribution in [3.63, 3.8) is 0 Å². The van der Waals surface area contributed by atoms with Crippen LogP contribution in [0.1, 0.15) is 12.5 Å². The summed E-state index contributed by atoms with van der Waals surface area (Å²) < 4.78 is 13.4. The van der Waals surface area contributed by atoms with Crippen LogP contribution < -0.4 is 10.6 Å². The lowest BCUT2D eigenvalue weighted by Crippen LogP contribution is -2.05. The molecule has 108 valence electrons. The zero-order chi connectivity index (χ0) is 14.8. The number of aromatic amines is 1. The number of nitrogens with zero attached hydrogens (tertiary/aromatic N) is 3. The Morgan fingerprint density at radius 3 is 2.95 bits per heavy atom. The molecule has 0 saturated carbocycles. The van der Waals surface area contributed by atoms with Gasteiger partial charge in [-0.2, -0.15) is 9.97 Å². The van der Waals surface area contributed by atoms with Crippen LogP contribution in [0.2, 0.25) is 0 Å². The van der Waals surface area contributed by atoms with E-state index >= 15 is 0 Å². The number of H-pyrrole nitrogens is 1. The second-order valence-electron chi connectivity index (χ2n) is 4.61. The van der Waals surface area contributed by atoms with Crippen LogP contribution in [0, 0.1) is 12.7 Å². The third-order valence-corrected chi connectivity index (χ3v) is 3.07. The summed E-state index contributed by atoms with van der Waals surface area (Å²) in [7, 11) is 0. The number of hydrogen-bond donors (Lipinski definition) is 3. The molecule has 0 fully saturated rings. The van der Waals surface area contributed by atoms with E-state index in [1.54, 1.807) is 12.4 Å². The Morgan fingerprint density at radius 2 is 2.14 bits per heavy atom. The second-order valence-corrected chi connectivity index (χ2v) is 4.61. The maximum absolute atomic E-state index is 13.4. The fraction of sp³-hybridized carbons (Fsp3) is 0.214. The van der Waals surface area contributed by atoms with Gasteiger partial charge in [-0.15, -0.1) is 0 Å². The Labute approximate surface area is 120 Å². The topological polar surface area (TPSA) is 78.5 Å². The summed E-state index contributed by atoms with van der Waals surface area (Å²) in [5.74, 6) is 0.737. The highest BCUT2D eigenvalue weighted by atomic mass is 19.1. The molecule has 0 radical (unpaired) electrons. The van der Waals surface area contributed by atoms with Gasteiger partial charge in [-0.3, -0.25) is 0 Å². The average Bonchev–Trinajstić information content (AvgIpc) is 2.92. The SMILES string of the molecule is CCNc1nc(Nc2cc(F)ccc2C)c2[nH]cnc2n1. The van der Waals surface area contributed by atoms with E-state index in [-0.39, 0.29) is 5.82 Å². The van der Waals surface area contributed by atoms with Crippen LogP contribution in [0.5, 0.6) is 0 Å². The van der Waals surface area contributed by atoms with E-state index < -0.39 is 0 Å². The zero-order valence-corrected chi connectivity index (χ0v) is 11.7. The van der Waals surface area contributed by atoms with Crippen molar-refractivity contribution >= 4 is 28.6 Å². The molecular weight excluding hydrogens is 271 g/mol. The van der Waals surface area contributed by atoms with Crippen molar-refractivity contribution in [2.75, 3.05) is 17.2 Å². The number of aryl methyl sites for hydroxylation is 1. The van der Waals surface area contributed by atoms with Crippen LogP contribution in [0.4, 0.5) is 21.8 Å². The molecule has 2 heterocycles. The predicted molar refractivity (Wildman–Crippen MR) is 80.3 cm³/mol. The third-order valence-electron chi connectivity index (χ3n) is 3.07. The number of halogens is 1. The summed E-state index contributed by atoms with van der Waals surface area (Å²) in [4.78, 5) is 15.8. The maximum Gasteiger partial charge on any atom is 0.226 e. The van der Waals surface area contributed by atoms with Gasteiger partial charge in [0.05, 0.1) is 6.33 Å². The number of hydrogen-bond acceptors (Lipinski definition) is 5. The number of anilines is 3. The van der Waals surface area contributed by atoms with E-state index in [1.165, 1.54) is 12.1 Å². The number of imidazole rings is 1. The van der Waals surface area contributed by atoms with Gasteiger partial charge < -0.3 is 15.6 Å².